The summed E-state index contributed by atoms with van der Waals surface area (Å²) >= 11 is 6.71. The monoisotopic (exact) mass is 293 g/mol. The molecule has 19 heavy (non-hydrogen) atoms. The van der Waals surface area contributed by atoms with Gasteiger partial charge in [-0.2, -0.15) is 0 Å². The van der Waals surface area contributed by atoms with E-state index in [4.69, 9.17) is 22.1 Å². The second-order valence-electron chi connectivity index (χ2n) is 4.30. The Morgan fingerprint density at radius 3 is 3.16 bits per heavy atom. The van der Waals surface area contributed by atoms with Gasteiger partial charge in [-0.3, -0.25) is 4.79 Å². The third kappa shape index (κ3) is 2.41. The lowest BCUT2D eigenvalue weighted by Crippen LogP contribution is -2.20. The summed E-state index contributed by atoms with van der Waals surface area (Å²) in [6, 6.07) is 0. The fourth-order valence-electron chi connectivity index (χ4n) is 2.16. The maximum Gasteiger partial charge on any atom is 0.306 e. The fourth-order valence-corrected chi connectivity index (χ4v) is 3.35. The molecule has 1 aromatic heterocycles. The zero-order chi connectivity index (χ0) is 13.4. The summed E-state index contributed by atoms with van der Waals surface area (Å²) in [6.45, 7) is 0.202. The van der Waals surface area contributed by atoms with E-state index in [0.717, 1.165) is 19.6 Å². The van der Waals surface area contributed by atoms with Gasteiger partial charge < -0.3 is 14.8 Å². The van der Waals surface area contributed by atoms with Crippen LogP contribution in [0.5, 0.6) is 0 Å². The second kappa shape index (κ2) is 4.79. The Kier molecular flexibility index (Phi) is 3.12. The number of thiazole rings is 1. The first kappa shape index (κ1) is 12.4. The van der Waals surface area contributed by atoms with Gasteiger partial charge in [0.1, 0.15) is 5.76 Å². The summed E-state index contributed by atoms with van der Waals surface area (Å²) in [6.07, 6.45) is 6.71. The number of carbonyl (C=O) groups is 1. The Morgan fingerprint density at radius 1 is 1.53 bits per heavy atom. The molecule has 0 saturated carbocycles. The molecule has 0 aliphatic heterocycles. The van der Waals surface area contributed by atoms with Gasteiger partial charge in [0.2, 0.25) is 0 Å². The molecule has 4 nitrogen and oxygen atoms in total. The number of aromatic nitrogens is 1. The fraction of sp³-hybridized carbons (Fsp3) is 0.231. The molecule has 0 saturated heterocycles. The molecule has 1 aromatic rings. The van der Waals surface area contributed by atoms with E-state index < -0.39 is 5.97 Å². The van der Waals surface area contributed by atoms with E-state index in [-0.39, 0.29) is 13.0 Å². The summed E-state index contributed by atoms with van der Waals surface area (Å²) in [5.41, 5.74) is 2.35. The van der Waals surface area contributed by atoms with Crippen LogP contribution in [0.25, 0.3) is 11.6 Å². The third-order valence-electron chi connectivity index (χ3n) is 3.02. The Labute approximate surface area is 118 Å². The Hall–Kier alpha value is -1.66. The molecule has 0 aromatic carbocycles. The molecular formula is C13H11NO3S2. The number of aromatic amines is 1. The quantitative estimate of drug-likeness (QED) is 0.825. The number of aliphatic carboxylic acids is 1. The van der Waals surface area contributed by atoms with Crippen LogP contribution in [-0.2, 0) is 9.53 Å². The van der Waals surface area contributed by atoms with Gasteiger partial charge in [-0.25, -0.2) is 0 Å². The topological polar surface area (TPSA) is 62.3 Å². The Balaban J connectivity index is 1.83. The van der Waals surface area contributed by atoms with Crippen molar-refractivity contribution < 1.29 is 14.6 Å². The van der Waals surface area contributed by atoms with Crippen LogP contribution in [0.1, 0.15) is 12.8 Å². The van der Waals surface area contributed by atoms with Gasteiger partial charge in [0.05, 0.1) is 22.9 Å². The van der Waals surface area contributed by atoms with Crippen molar-refractivity contribution in [2.24, 2.45) is 0 Å². The van der Waals surface area contributed by atoms with E-state index in [2.05, 4.69) is 11.1 Å². The largest absolute Gasteiger partial charge is 0.497 e. The van der Waals surface area contributed by atoms with Crippen molar-refractivity contribution >= 4 is 41.2 Å². The third-order valence-corrected chi connectivity index (χ3v) is 4.20. The first-order valence-electron chi connectivity index (χ1n) is 5.83. The number of fused-ring (bicyclic) bond motifs is 2. The number of ether oxygens (including phenoxy) is 1. The van der Waals surface area contributed by atoms with Gasteiger partial charge in [-0.1, -0.05) is 6.08 Å². The van der Waals surface area contributed by atoms with Crippen LogP contribution in [0.15, 0.2) is 23.5 Å². The highest BCUT2D eigenvalue weighted by molar-refractivity contribution is 7.73. The van der Waals surface area contributed by atoms with Crippen LogP contribution in [-0.4, -0.2) is 22.7 Å². The minimum atomic E-state index is -0.848. The lowest BCUT2D eigenvalue weighted by molar-refractivity contribution is -0.137. The molecule has 0 amide bonds. The number of allylic oxidation sites excluding steroid dienone is 4. The van der Waals surface area contributed by atoms with Crippen molar-refractivity contribution in [3.63, 3.8) is 0 Å². The highest BCUT2D eigenvalue weighted by Gasteiger charge is 2.18. The highest BCUT2D eigenvalue weighted by atomic mass is 32.1. The Morgan fingerprint density at radius 2 is 2.37 bits per heavy atom. The lowest BCUT2D eigenvalue weighted by atomic mass is 10.00. The summed E-state index contributed by atoms with van der Waals surface area (Å²) in [5, 5.41) is 9.67. The van der Waals surface area contributed by atoms with Crippen LogP contribution < -0.4 is 9.88 Å². The standard InChI is InChI=1S/C13H11NO3S2/c15-11(16)3-4-17-8-2-1-7-5-10-12(9(7)6-8)14-13(18)19-10/h1-2,5H,3-4,6H2,(H,14,18)(H,15,16). The predicted molar refractivity (Wildman–Crippen MR) is 75.6 cm³/mol. The number of H-pyrrole nitrogens is 1. The van der Waals surface area contributed by atoms with E-state index in [1.54, 1.807) is 11.3 Å². The van der Waals surface area contributed by atoms with Crippen molar-refractivity contribution in [2.45, 2.75) is 12.8 Å². The normalized spacial score (nSPS) is 16.1. The first-order valence-corrected chi connectivity index (χ1v) is 7.06. The zero-order valence-corrected chi connectivity index (χ0v) is 11.6. The van der Waals surface area contributed by atoms with Crippen molar-refractivity contribution in [3.8, 4) is 0 Å². The average Bonchev–Trinajstić information content (AvgIpc) is 2.85. The summed E-state index contributed by atoms with van der Waals surface area (Å²) in [4.78, 5) is 13.7. The van der Waals surface area contributed by atoms with Gasteiger partial charge >= 0.3 is 5.97 Å². The van der Waals surface area contributed by atoms with Crippen LogP contribution in [0, 0.1) is 3.95 Å². The molecule has 0 unspecified atom stereocenters. The molecule has 1 heterocycles. The van der Waals surface area contributed by atoms with Gasteiger partial charge in [-0.15, -0.1) is 11.3 Å². The van der Waals surface area contributed by atoms with Gasteiger partial charge in [-0.05, 0) is 35.5 Å². The minimum absolute atomic E-state index is 0.0154. The van der Waals surface area contributed by atoms with Gasteiger partial charge in [0.25, 0.3) is 0 Å². The molecule has 98 valence electrons. The summed E-state index contributed by atoms with van der Waals surface area (Å²) in [5.74, 6) is -0.0505. The molecular weight excluding hydrogens is 282 g/mol. The maximum absolute atomic E-state index is 10.5. The predicted octanol–water partition coefficient (Wildman–Crippen LogP) is 1.46. The number of hydrogen-bond donors (Lipinski definition) is 2. The molecule has 2 aliphatic rings. The summed E-state index contributed by atoms with van der Waals surface area (Å²) < 4.78 is 7.42. The van der Waals surface area contributed by atoms with E-state index in [1.807, 2.05) is 12.2 Å². The van der Waals surface area contributed by atoms with Crippen LogP contribution in [0.4, 0.5) is 0 Å². The lowest BCUT2D eigenvalue weighted by Gasteiger charge is -2.14. The first-order chi connectivity index (χ1) is 9.13. The zero-order valence-electron chi connectivity index (χ0n) is 9.93. The molecule has 0 atom stereocenters. The second-order valence-corrected chi connectivity index (χ2v) is 6.02. The SMILES string of the molecule is O=C(O)CCOC1=CC=C2C=c3sc(=S)[nH]c3=C2C1. The van der Waals surface area contributed by atoms with E-state index in [1.165, 1.54) is 11.1 Å². The number of hydrogen-bond acceptors (Lipinski definition) is 4. The minimum Gasteiger partial charge on any atom is -0.497 e. The van der Waals surface area contributed by atoms with E-state index in [9.17, 15) is 4.79 Å². The maximum atomic E-state index is 10.5. The van der Waals surface area contributed by atoms with E-state index >= 15 is 0 Å². The van der Waals surface area contributed by atoms with Crippen molar-refractivity contribution in [1.29, 1.82) is 0 Å². The highest BCUT2D eigenvalue weighted by Crippen LogP contribution is 2.28. The molecule has 0 radical (unpaired) electrons. The molecule has 6 heteroatoms. The van der Waals surface area contributed by atoms with Crippen LogP contribution >= 0.6 is 23.6 Å². The van der Waals surface area contributed by atoms with Crippen molar-refractivity contribution in [3.05, 3.63) is 37.3 Å². The molecule has 2 aliphatic carbocycles. The van der Waals surface area contributed by atoms with Crippen LogP contribution in [0.3, 0.4) is 0 Å². The number of carboxylic acid groups (broad SMARTS) is 1. The molecule has 0 spiro atoms. The number of nitrogens with one attached hydrogen (secondary N) is 1. The van der Waals surface area contributed by atoms with Gasteiger partial charge in [0, 0.05) is 6.42 Å². The summed E-state index contributed by atoms with van der Waals surface area (Å²) in [7, 11) is 0. The van der Waals surface area contributed by atoms with E-state index in [0.29, 0.717) is 6.42 Å². The van der Waals surface area contributed by atoms with Gasteiger partial charge in [0.15, 0.2) is 3.95 Å². The molecule has 0 bridgehead atoms. The number of rotatable bonds is 4. The van der Waals surface area contributed by atoms with Crippen molar-refractivity contribution in [2.75, 3.05) is 6.61 Å². The number of carboxylic acids is 1. The smallest absolute Gasteiger partial charge is 0.306 e. The Bertz CT molecular complexity index is 780. The van der Waals surface area contributed by atoms with Crippen LogP contribution in [0.2, 0.25) is 0 Å². The van der Waals surface area contributed by atoms with Crippen molar-refractivity contribution in [1.82, 2.24) is 4.98 Å². The molecule has 0 fully saturated rings. The average molecular weight is 293 g/mol. The molecule has 2 N–H and O–H groups in total. The molecule has 3 rings (SSSR count).